The molecule has 2 aromatic carbocycles. The number of benzene rings is 2. The number of hydrogen-bond acceptors (Lipinski definition) is 7. The number of nitrogens with one attached hydrogen (secondary N) is 1. The summed E-state index contributed by atoms with van der Waals surface area (Å²) in [7, 11) is 1.11. The molecule has 0 saturated carbocycles. The molecular weight excluding hydrogens is 470 g/mol. The summed E-state index contributed by atoms with van der Waals surface area (Å²) in [5.74, 6) is 1.95. The van der Waals surface area contributed by atoms with E-state index in [1.165, 1.54) is 4.31 Å². The van der Waals surface area contributed by atoms with Crippen molar-refractivity contribution in [2.45, 2.75) is 42.8 Å². The topological polar surface area (TPSA) is 97.4 Å². The molecule has 2 fully saturated rings. The van der Waals surface area contributed by atoms with E-state index in [1.54, 1.807) is 45.6 Å². The van der Waals surface area contributed by atoms with Crippen molar-refractivity contribution in [2.75, 3.05) is 41.0 Å². The van der Waals surface area contributed by atoms with Gasteiger partial charge in [-0.25, -0.2) is 8.42 Å². The third-order valence-corrected chi connectivity index (χ3v) is 8.87. The van der Waals surface area contributed by atoms with E-state index in [9.17, 15) is 13.2 Å². The van der Waals surface area contributed by atoms with Gasteiger partial charge in [-0.05, 0) is 68.1 Å². The highest BCUT2D eigenvalue weighted by Gasteiger charge is 2.50. The van der Waals surface area contributed by atoms with Gasteiger partial charge in [0.15, 0.2) is 11.5 Å². The molecule has 2 saturated heterocycles. The van der Waals surface area contributed by atoms with Gasteiger partial charge in [-0.2, -0.15) is 4.31 Å². The molecule has 0 unspecified atom stereocenters. The number of nitrogens with zero attached hydrogens (tertiary/aromatic N) is 2. The molecule has 1 amide bonds. The molecule has 2 aliphatic heterocycles. The minimum atomic E-state index is -3.63. The Hall–Kier alpha value is -2.82. The summed E-state index contributed by atoms with van der Waals surface area (Å²) >= 11 is 0. The normalized spacial score (nSPS) is 20.3. The molecule has 1 spiro atoms. The summed E-state index contributed by atoms with van der Waals surface area (Å²) < 4.78 is 43.7. The maximum Gasteiger partial charge on any atom is 0.243 e. The van der Waals surface area contributed by atoms with E-state index in [1.807, 2.05) is 30.0 Å². The monoisotopic (exact) mass is 503 g/mol. The molecule has 9 nitrogen and oxygen atoms in total. The van der Waals surface area contributed by atoms with Gasteiger partial charge in [0.25, 0.3) is 0 Å². The standard InChI is InChI=1S/C25H33N3O6S/c1-18-24(29)28(14-11-19-5-10-22(33-3)23(17-19)34-4)25(26-18)12-15-27(16-13-25)35(30,31)21-8-6-20(32-2)7-9-21/h5-10,17-18,26H,11-16H2,1-4H3/t18-/m0/s1. The van der Waals surface area contributed by atoms with Crippen LogP contribution in [0.15, 0.2) is 47.4 Å². The van der Waals surface area contributed by atoms with Gasteiger partial charge in [0.2, 0.25) is 15.9 Å². The molecule has 0 bridgehead atoms. The predicted octanol–water partition coefficient (Wildman–Crippen LogP) is 2.26. The van der Waals surface area contributed by atoms with Crippen LogP contribution in [-0.4, -0.2) is 76.2 Å². The second-order valence-electron chi connectivity index (χ2n) is 8.91. The van der Waals surface area contributed by atoms with Crippen LogP contribution in [0.4, 0.5) is 0 Å². The van der Waals surface area contributed by atoms with Crippen molar-refractivity contribution < 1.29 is 27.4 Å². The molecule has 10 heteroatoms. The van der Waals surface area contributed by atoms with Crippen LogP contribution >= 0.6 is 0 Å². The second kappa shape index (κ2) is 10.0. The smallest absolute Gasteiger partial charge is 0.243 e. The number of piperidine rings is 1. The first-order valence-electron chi connectivity index (χ1n) is 11.7. The van der Waals surface area contributed by atoms with E-state index < -0.39 is 15.7 Å². The van der Waals surface area contributed by atoms with Crippen LogP contribution in [0.25, 0.3) is 0 Å². The molecule has 2 aromatic rings. The number of methoxy groups -OCH3 is 3. The van der Waals surface area contributed by atoms with Crippen molar-refractivity contribution in [1.82, 2.24) is 14.5 Å². The van der Waals surface area contributed by atoms with Crippen molar-refractivity contribution >= 4 is 15.9 Å². The van der Waals surface area contributed by atoms with Gasteiger partial charge in [-0.15, -0.1) is 0 Å². The lowest BCUT2D eigenvalue weighted by molar-refractivity contribution is -0.132. The van der Waals surface area contributed by atoms with Crippen molar-refractivity contribution in [1.29, 1.82) is 0 Å². The highest BCUT2D eigenvalue weighted by atomic mass is 32.2. The summed E-state index contributed by atoms with van der Waals surface area (Å²) in [6, 6.07) is 11.9. The Morgan fingerprint density at radius 2 is 1.63 bits per heavy atom. The molecule has 1 atom stereocenters. The minimum Gasteiger partial charge on any atom is -0.497 e. The summed E-state index contributed by atoms with van der Waals surface area (Å²) in [5, 5.41) is 3.47. The first-order chi connectivity index (χ1) is 16.7. The molecule has 2 heterocycles. The summed E-state index contributed by atoms with van der Waals surface area (Å²) in [6.07, 6.45) is 1.69. The van der Waals surface area contributed by atoms with Crippen LogP contribution in [0.3, 0.4) is 0 Å². The lowest BCUT2D eigenvalue weighted by Crippen LogP contribution is -2.59. The molecule has 35 heavy (non-hydrogen) atoms. The van der Waals surface area contributed by atoms with E-state index >= 15 is 0 Å². The fourth-order valence-electron chi connectivity index (χ4n) is 5.00. The molecule has 190 valence electrons. The largest absolute Gasteiger partial charge is 0.497 e. The number of carbonyl (C=O) groups is 1. The second-order valence-corrected chi connectivity index (χ2v) is 10.8. The highest BCUT2D eigenvalue weighted by molar-refractivity contribution is 7.89. The van der Waals surface area contributed by atoms with Gasteiger partial charge in [-0.1, -0.05) is 6.07 Å². The SMILES string of the molecule is COc1ccc(S(=O)(=O)N2CCC3(CC2)N[C@@H](C)C(=O)N3CCc2ccc(OC)c(OC)c2)cc1. The lowest BCUT2D eigenvalue weighted by Gasteiger charge is -2.44. The number of sulfonamides is 1. The Morgan fingerprint density at radius 3 is 2.23 bits per heavy atom. The quantitative estimate of drug-likeness (QED) is 0.590. The van der Waals surface area contributed by atoms with Crippen molar-refractivity contribution in [3.63, 3.8) is 0 Å². The third-order valence-electron chi connectivity index (χ3n) is 6.96. The zero-order valence-electron chi connectivity index (χ0n) is 20.6. The zero-order chi connectivity index (χ0) is 25.2. The maximum atomic E-state index is 13.2. The molecule has 2 aliphatic rings. The van der Waals surface area contributed by atoms with Crippen molar-refractivity contribution in [3.05, 3.63) is 48.0 Å². The van der Waals surface area contributed by atoms with Crippen molar-refractivity contribution in [2.24, 2.45) is 0 Å². The van der Waals surface area contributed by atoms with Gasteiger partial charge in [0, 0.05) is 19.6 Å². The van der Waals surface area contributed by atoms with E-state index in [2.05, 4.69) is 5.32 Å². The Morgan fingerprint density at radius 1 is 0.971 bits per heavy atom. The van der Waals surface area contributed by atoms with E-state index in [4.69, 9.17) is 14.2 Å². The first-order valence-corrected chi connectivity index (χ1v) is 13.1. The van der Waals surface area contributed by atoms with Gasteiger partial charge < -0.3 is 19.1 Å². The minimum absolute atomic E-state index is 0.0388. The van der Waals surface area contributed by atoms with Crippen molar-refractivity contribution in [3.8, 4) is 17.2 Å². The summed E-state index contributed by atoms with van der Waals surface area (Å²) in [6.45, 7) is 3.04. The number of carbonyl (C=O) groups excluding carboxylic acids is 1. The molecule has 0 aliphatic carbocycles. The lowest BCUT2D eigenvalue weighted by atomic mass is 9.96. The van der Waals surface area contributed by atoms with E-state index in [0.717, 1.165) is 5.56 Å². The van der Waals surface area contributed by atoms with Gasteiger partial charge in [0.05, 0.1) is 37.9 Å². The average Bonchev–Trinajstić information content (AvgIpc) is 3.10. The van der Waals surface area contributed by atoms with Crippen LogP contribution < -0.4 is 19.5 Å². The van der Waals surface area contributed by atoms with Crippen LogP contribution in [0.1, 0.15) is 25.3 Å². The third kappa shape index (κ3) is 4.82. The highest BCUT2D eigenvalue weighted by Crippen LogP contribution is 2.35. The zero-order valence-corrected chi connectivity index (χ0v) is 21.4. The maximum absolute atomic E-state index is 13.2. The predicted molar refractivity (Wildman–Crippen MR) is 131 cm³/mol. The number of amides is 1. The van der Waals surface area contributed by atoms with Gasteiger partial charge >= 0.3 is 0 Å². The number of hydrogen-bond donors (Lipinski definition) is 1. The number of rotatable bonds is 8. The number of ether oxygens (including phenoxy) is 3. The van der Waals surface area contributed by atoms with E-state index in [-0.39, 0.29) is 16.8 Å². The Bertz CT molecular complexity index is 1160. The Balaban J connectivity index is 1.47. The van der Waals surface area contributed by atoms with Crippen LogP contribution in [0.2, 0.25) is 0 Å². The Kier molecular flexibility index (Phi) is 7.25. The van der Waals surface area contributed by atoms with Crippen LogP contribution in [-0.2, 0) is 21.2 Å². The molecule has 0 aromatic heterocycles. The fraction of sp³-hybridized carbons (Fsp3) is 0.480. The van der Waals surface area contributed by atoms with Crippen LogP contribution in [0, 0.1) is 0 Å². The average molecular weight is 504 g/mol. The molecular formula is C25H33N3O6S. The van der Waals surface area contributed by atoms with E-state index in [0.29, 0.717) is 56.1 Å². The van der Waals surface area contributed by atoms with Gasteiger partial charge in [-0.3, -0.25) is 10.1 Å². The summed E-state index contributed by atoms with van der Waals surface area (Å²) in [5.41, 5.74) is 0.476. The molecule has 0 radical (unpaired) electrons. The first kappa shape index (κ1) is 25.3. The molecule has 1 N–H and O–H groups in total. The fourth-order valence-corrected chi connectivity index (χ4v) is 6.44. The summed E-state index contributed by atoms with van der Waals surface area (Å²) in [4.78, 5) is 15.2. The van der Waals surface area contributed by atoms with Gasteiger partial charge in [0.1, 0.15) is 5.75 Å². The van der Waals surface area contributed by atoms with Crippen LogP contribution in [0.5, 0.6) is 17.2 Å². The molecule has 4 rings (SSSR count). The Labute approximate surface area is 207 Å².